The first-order valence-electron chi connectivity index (χ1n) is 2.05. The Kier molecular flexibility index (Phi) is 35.2. The van der Waals surface area contributed by atoms with E-state index in [0.29, 0.717) is 0 Å². The normalized spacial score (nSPS) is 6.00. The third-order valence-corrected chi connectivity index (χ3v) is 0.447. The average Bonchev–Trinajstić information content (AvgIpc) is 1.41. The molecule has 0 aromatic carbocycles. The van der Waals surface area contributed by atoms with Crippen molar-refractivity contribution in [1.29, 1.82) is 0 Å². The van der Waals surface area contributed by atoms with Gasteiger partial charge in [0.1, 0.15) is 0 Å². The summed E-state index contributed by atoms with van der Waals surface area (Å²) in [5.41, 5.74) is 0. The van der Waals surface area contributed by atoms with E-state index in [9.17, 15) is 0 Å². The van der Waals surface area contributed by atoms with Crippen LogP contribution in [-0.4, -0.2) is 13.1 Å². The Labute approximate surface area is 73.3 Å². The van der Waals surface area contributed by atoms with E-state index in [-0.39, 0.29) is 41.2 Å². The summed E-state index contributed by atoms with van der Waals surface area (Å²) in [6.07, 6.45) is 0. The maximum absolute atomic E-state index is 3.97. The van der Waals surface area contributed by atoms with Crippen molar-refractivity contribution in [3.63, 3.8) is 0 Å². The zero-order valence-electron chi connectivity index (χ0n) is 4.71. The Bertz CT molecular complexity index is 19.2. The van der Waals surface area contributed by atoms with E-state index in [0.717, 1.165) is 13.1 Å². The summed E-state index contributed by atoms with van der Waals surface area (Å²) in [7, 11) is 0. The molecule has 0 unspecified atom stereocenters. The van der Waals surface area contributed by atoms with Crippen LogP contribution in [-0.2, 0) is 41.2 Å². The van der Waals surface area contributed by atoms with Gasteiger partial charge in [-0.25, -0.2) is 0 Å². The van der Waals surface area contributed by atoms with Crippen molar-refractivity contribution < 1.29 is 41.2 Å². The monoisotopic (exact) mass is 222 g/mol. The third-order valence-electron chi connectivity index (χ3n) is 0.447. The third kappa shape index (κ3) is 18.8. The van der Waals surface area contributed by atoms with Crippen molar-refractivity contribution in [2.75, 3.05) is 13.1 Å². The van der Waals surface area contributed by atoms with E-state index in [2.05, 4.69) is 5.32 Å². The van der Waals surface area contributed by atoms with Crippen LogP contribution < -0.4 is 0 Å². The molecule has 0 heterocycles. The molecule has 0 aromatic rings. The van der Waals surface area contributed by atoms with Crippen LogP contribution in [0.3, 0.4) is 0 Å². The van der Waals surface area contributed by atoms with Crippen molar-refractivity contribution >= 4 is 0 Å². The average molecular weight is 221 g/mol. The van der Waals surface area contributed by atoms with Gasteiger partial charge >= 0.3 is 0 Å². The van der Waals surface area contributed by atoms with Crippen molar-refractivity contribution in [1.82, 2.24) is 0 Å². The molecule has 0 radical (unpaired) electrons. The van der Waals surface area contributed by atoms with Gasteiger partial charge in [0, 0.05) is 41.2 Å². The molecule has 0 rings (SSSR count). The first-order valence-corrected chi connectivity index (χ1v) is 2.05. The SMILES string of the molecule is CC[N-]CC.[Ru].[Ti]. The Morgan fingerprint density at radius 3 is 1.43 bits per heavy atom. The van der Waals surface area contributed by atoms with Gasteiger partial charge < -0.3 is 5.32 Å². The minimum atomic E-state index is 0. The molecule has 0 aliphatic rings. The largest absolute Gasteiger partial charge is 0.663 e. The quantitative estimate of drug-likeness (QED) is 0.625. The zero-order valence-corrected chi connectivity index (χ0v) is 8.01. The van der Waals surface area contributed by atoms with Gasteiger partial charge in [0.2, 0.25) is 0 Å². The minimum absolute atomic E-state index is 0. The molecule has 3 heteroatoms. The minimum Gasteiger partial charge on any atom is -0.663 e. The summed E-state index contributed by atoms with van der Waals surface area (Å²) in [5.74, 6) is 0. The topological polar surface area (TPSA) is 14.1 Å². The summed E-state index contributed by atoms with van der Waals surface area (Å²) < 4.78 is 0. The maximum atomic E-state index is 3.97. The van der Waals surface area contributed by atoms with Gasteiger partial charge in [-0.05, 0) is 0 Å². The smallest absolute Gasteiger partial charge is 0 e. The van der Waals surface area contributed by atoms with E-state index in [4.69, 9.17) is 0 Å². The molecule has 0 amide bonds. The molecular formula is C4H10NRuTi-. The van der Waals surface area contributed by atoms with E-state index in [1.54, 1.807) is 0 Å². The molecule has 44 valence electrons. The van der Waals surface area contributed by atoms with Crippen molar-refractivity contribution in [3.05, 3.63) is 5.32 Å². The molecule has 0 N–H and O–H groups in total. The number of rotatable bonds is 2. The Morgan fingerprint density at radius 1 is 1.14 bits per heavy atom. The fourth-order valence-electron chi connectivity index (χ4n) is 0.224. The van der Waals surface area contributed by atoms with Gasteiger partial charge in [0.15, 0.2) is 0 Å². The molecule has 0 saturated heterocycles. The zero-order chi connectivity index (χ0) is 4.12. The molecular weight excluding hydrogens is 211 g/mol. The molecule has 0 saturated carbocycles. The van der Waals surface area contributed by atoms with Gasteiger partial charge in [0.05, 0.1) is 0 Å². The van der Waals surface area contributed by atoms with Crippen LogP contribution in [0.2, 0.25) is 0 Å². The first-order chi connectivity index (χ1) is 2.41. The van der Waals surface area contributed by atoms with E-state index < -0.39 is 0 Å². The van der Waals surface area contributed by atoms with Gasteiger partial charge in [-0.1, -0.05) is 13.8 Å². The van der Waals surface area contributed by atoms with Gasteiger partial charge in [-0.15, -0.1) is 0 Å². The van der Waals surface area contributed by atoms with Crippen LogP contribution in [0.15, 0.2) is 0 Å². The molecule has 0 atom stereocenters. The Balaban J connectivity index is -0.0000000800. The molecule has 0 fully saturated rings. The molecule has 0 aromatic heterocycles. The maximum Gasteiger partial charge on any atom is 0 e. The first kappa shape index (κ1) is 15.7. The van der Waals surface area contributed by atoms with Gasteiger partial charge in [-0.2, -0.15) is 13.1 Å². The van der Waals surface area contributed by atoms with Gasteiger partial charge in [-0.3, -0.25) is 0 Å². The summed E-state index contributed by atoms with van der Waals surface area (Å²) in [6, 6.07) is 0. The fourth-order valence-corrected chi connectivity index (χ4v) is 0.224. The van der Waals surface area contributed by atoms with Crippen LogP contribution in [0.25, 0.3) is 5.32 Å². The molecule has 0 aliphatic heterocycles. The van der Waals surface area contributed by atoms with Crippen LogP contribution in [0.4, 0.5) is 0 Å². The Hall–Kier alpha value is 1.30. The summed E-state index contributed by atoms with van der Waals surface area (Å²) in [4.78, 5) is 0. The van der Waals surface area contributed by atoms with Crippen molar-refractivity contribution in [2.45, 2.75) is 13.8 Å². The van der Waals surface area contributed by atoms with Crippen LogP contribution in [0.5, 0.6) is 0 Å². The number of nitrogens with zero attached hydrogens (tertiary/aromatic N) is 1. The standard InChI is InChI=1S/C4H10N.Ru.Ti/c1-3-5-4-2;;/h3-4H2,1-2H3;;/q-1;;. The second-order valence-electron chi connectivity index (χ2n) is 0.856. The number of hydrogen-bond donors (Lipinski definition) is 0. The fraction of sp³-hybridized carbons (Fsp3) is 1.00. The summed E-state index contributed by atoms with van der Waals surface area (Å²) in [6.45, 7) is 6.03. The number of hydrogen-bond acceptors (Lipinski definition) is 0. The summed E-state index contributed by atoms with van der Waals surface area (Å²) in [5, 5.41) is 3.97. The van der Waals surface area contributed by atoms with Crippen LogP contribution in [0, 0.1) is 0 Å². The second kappa shape index (κ2) is 15.7. The molecule has 0 bridgehead atoms. The van der Waals surface area contributed by atoms with Crippen LogP contribution >= 0.6 is 0 Å². The van der Waals surface area contributed by atoms with Crippen molar-refractivity contribution in [3.8, 4) is 0 Å². The molecule has 0 aliphatic carbocycles. The molecule has 7 heavy (non-hydrogen) atoms. The van der Waals surface area contributed by atoms with E-state index in [1.807, 2.05) is 13.8 Å². The predicted molar refractivity (Wildman–Crippen MR) is 24.4 cm³/mol. The van der Waals surface area contributed by atoms with Gasteiger partial charge in [0.25, 0.3) is 0 Å². The molecule has 1 nitrogen and oxygen atoms in total. The van der Waals surface area contributed by atoms with E-state index >= 15 is 0 Å². The second-order valence-corrected chi connectivity index (χ2v) is 0.856. The molecule has 0 spiro atoms. The van der Waals surface area contributed by atoms with E-state index in [1.165, 1.54) is 0 Å². The predicted octanol–water partition coefficient (Wildman–Crippen LogP) is 1.39. The Morgan fingerprint density at radius 2 is 1.43 bits per heavy atom. The van der Waals surface area contributed by atoms with Crippen molar-refractivity contribution in [2.24, 2.45) is 0 Å². The summed E-state index contributed by atoms with van der Waals surface area (Å²) >= 11 is 0. The van der Waals surface area contributed by atoms with Crippen LogP contribution in [0.1, 0.15) is 13.8 Å².